The molecule has 1 N–H and O–H groups in total. The first-order valence-electron chi connectivity index (χ1n) is 9.34. The van der Waals surface area contributed by atoms with Gasteiger partial charge in [-0.15, -0.1) is 10.2 Å². The average molecular weight is 420 g/mol. The van der Waals surface area contributed by atoms with Gasteiger partial charge >= 0.3 is 5.97 Å². The maximum Gasteiger partial charge on any atom is 0.338 e. The molecule has 4 rings (SSSR count). The summed E-state index contributed by atoms with van der Waals surface area (Å²) >= 11 is 0. The van der Waals surface area contributed by atoms with Crippen molar-refractivity contribution in [1.82, 2.24) is 19.7 Å². The third-order valence-corrected chi connectivity index (χ3v) is 4.96. The molecular formula is C22H20N4O5. The number of hydrogen-bond acceptors (Lipinski definition) is 7. The van der Waals surface area contributed by atoms with E-state index in [9.17, 15) is 9.90 Å². The van der Waals surface area contributed by atoms with E-state index >= 15 is 0 Å². The Hall–Kier alpha value is -4.14. The quantitative estimate of drug-likeness (QED) is 0.485. The Labute approximate surface area is 177 Å². The summed E-state index contributed by atoms with van der Waals surface area (Å²) in [4.78, 5) is 17.1. The van der Waals surface area contributed by atoms with Crippen LogP contribution in [0.1, 0.15) is 16.1 Å². The molecule has 0 spiro atoms. The van der Waals surface area contributed by atoms with Crippen molar-refractivity contribution in [1.29, 1.82) is 0 Å². The summed E-state index contributed by atoms with van der Waals surface area (Å²) in [6.45, 7) is 0.197. The molecule has 0 fully saturated rings. The van der Waals surface area contributed by atoms with Gasteiger partial charge in [-0.2, -0.15) is 0 Å². The lowest BCUT2D eigenvalue weighted by Gasteiger charge is -2.17. The number of fused-ring (bicyclic) bond motifs is 1. The van der Waals surface area contributed by atoms with Crippen LogP contribution in [0.2, 0.25) is 0 Å². The molecule has 0 saturated carbocycles. The van der Waals surface area contributed by atoms with Crippen molar-refractivity contribution in [2.24, 2.45) is 0 Å². The number of nitrogens with zero attached hydrogens (tertiary/aromatic N) is 4. The van der Waals surface area contributed by atoms with Gasteiger partial charge in [0.15, 0.2) is 11.5 Å². The summed E-state index contributed by atoms with van der Waals surface area (Å²) in [5, 5.41) is 18.4. The van der Waals surface area contributed by atoms with Crippen molar-refractivity contribution in [2.75, 3.05) is 21.3 Å². The molecule has 4 aromatic rings. The summed E-state index contributed by atoms with van der Waals surface area (Å²) in [6, 6.07) is 10.7. The standard InChI is InChI=1S/C22H20N4O5/c1-29-14-6-4-13(5-7-14)20-15-8-18(30-2)19(31-3)9-16(15)25-17(21(20)22(27)28)10-26-11-23-24-12-26/h4-9,11-12H,10H2,1-3H3,(H,27,28). The molecule has 2 aromatic heterocycles. The molecule has 0 aliphatic carbocycles. The van der Waals surface area contributed by atoms with Crippen molar-refractivity contribution >= 4 is 16.9 Å². The van der Waals surface area contributed by atoms with Gasteiger partial charge in [0.05, 0.1) is 44.6 Å². The summed E-state index contributed by atoms with van der Waals surface area (Å²) < 4.78 is 17.8. The molecule has 2 heterocycles. The zero-order valence-electron chi connectivity index (χ0n) is 17.2. The number of ether oxygens (including phenoxy) is 3. The van der Waals surface area contributed by atoms with Gasteiger partial charge < -0.3 is 23.9 Å². The summed E-state index contributed by atoms with van der Waals surface area (Å²) in [7, 11) is 4.65. The van der Waals surface area contributed by atoms with Crippen molar-refractivity contribution in [3.05, 3.63) is 60.3 Å². The number of methoxy groups -OCH3 is 3. The largest absolute Gasteiger partial charge is 0.497 e. The summed E-state index contributed by atoms with van der Waals surface area (Å²) in [6.07, 6.45) is 3.03. The van der Waals surface area contributed by atoms with Gasteiger partial charge in [-0.1, -0.05) is 12.1 Å². The molecule has 0 bridgehead atoms. The zero-order chi connectivity index (χ0) is 22.0. The fourth-order valence-corrected chi connectivity index (χ4v) is 3.52. The van der Waals surface area contributed by atoms with Crippen LogP contribution in [0.5, 0.6) is 17.2 Å². The first-order valence-corrected chi connectivity index (χ1v) is 9.34. The van der Waals surface area contributed by atoms with Gasteiger partial charge in [-0.25, -0.2) is 9.78 Å². The van der Waals surface area contributed by atoms with Crippen molar-refractivity contribution in [3.8, 4) is 28.4 Å². The smallest absolute Gasteiger partial charge is 0.338 e. The maximum absolute atomic E-state index is 12.4. The Morgan fingerprint density at radius 2 is 1.61 bits per heavy atom. The van der Waals surface area contributed by atoms with Crippen LogP contribution in [0, 0.1) is 0 Å². The van der Waals surface area contributed by atoms with Crippen LogP contribution in [0.25, 0.3) is 22.0 Å². The molecule has 9 nitrogen and oxygen atoms in total. The molecule has 0 saturated heterocycles. The molecule has 0 amide bonds. The minimum absolute atomic E-state index is 0.0959. The van der Waals surface area contributed by atoms with E-state index in [-0.39, 0.29) is 12.1 Å². The second-order valence-corrected chi connectivity index (χ2v) is 6.70. The minimum Gasteiger partial charge on any atom is -0.497 e. The van der Waals surface area contributed by atoms with Gasteiger partial charge in [-0.05, 0) is 23.8 Å². The van der Waals surface area contributed by atoms with Gasteiger partial charge in [-0.3, -0.25) is 0 Å². The molecule has 2 aromatic carbocycles. The lowest BCUT2D eigenvalue weighted by Crippen LogP contribution is -2.12. The number of carbonyl (C=O) groups is 1. The predicted octanol–water partition coefficient (Wildman–Crippen LogP) is 3.27. The Bertz CT molecular complexity index is 1240. The summed E-state index contributed by atoms with van der Waals surface area (Å²) in [5.74, 6) is 0.567. The number of rotatable bonds is 7. The third-order valence-electron chi connectivity index (χ3n) is 4.96. The number of pyridine rings is 1. The van der Waals surface area contributed by atoms with Crippen LogP contribution in [0.15, 0.2) is 49.1 Å². The van der Waals surface area contributed by atoms with E-state index in [1.54, 1.807) is 35.9 Å². The first-order chi connectivity index (χ1) is 15.0. The van der Waals surface area contributed by atoms with E-state index in [4.69, 9.17) is 14.2 Å². The highest BCUT2D eigenvalue weighted by atomic mass is 16.5. The van der Waals surface area contributed by atoms with E-state index in [2.05, 4.69) is 15.2 Å². The molecule has 0 radical (unpaired) electrons. The van der Waals surface area contributed by atoms with E-state index < -0.39 is 5.97 Å². The van der Waals surface area contributed by atoms with E-state index in [0.29, 0.717) is 45.0 Å². The fourth-order valence-electron chi connectivity index (χ4n) is 3.52. The SMILES string of the molecule is COc1ccc(-c2c(C(=O)O)c(Cn3cnnc3)nc3cc(OC)c(OC)cc23)cc1. The van der Waals surface area contributed by atoms with Gasteiger partial charge in [0, 0.05) is 17.0 Å². The second kappa shape index (κ2) is 8.31. The van der Waals surface area contributed by atoms with Crippen LogP contribution in [0.3, 0.4) is 0 Å². The number of carboxylic acids is 1. The minimum atomic E-state index is -1.09. The van der Waals surface area contributed by atoms with E-state index in [1.807, 2.05) is 12.1 Å². The highest BCUT2D eigenvalue weighted by molar-refractivity contribution is 6.08. The topological polar surface area (TPSA) is 109 Å². The molecule has 0 aliphatic rings. The van der Waals surface area contributed by atoms with Crippen LogP contribution in [-0.2, 0) is 6.54 Å². The van der Waals surface area contributed by atoms with Crippen molar-refractivity contribution < 1.29 is 24.1 Å². The Kier molecular flexibility index (Phi) is 5.40. The third kappa shape index (κ3) is 3.73. The second-order valence-electron chi connectivity index (χ2n) is 6.70. The lowest BCUT2D eigenvalue weighted by atomic mass is 9.93. The Morgan fingerprint density at radius 1 is 0.968 bits per heavy atom. The van der Waals surface area contributed by atoms with Crippen LogP contribution < -0.4 is 14.2 Å². The monoisotopic (exact) mass is 420 g/mol. The highest BCUT2D eigenvalue weighted by Gasteiger charge is 2.24. The number of benzene rings is 2. The summed E-state index contributed by atoms with van der Waals surface area (Å²) in [5.41, 5.74) is 2.29. The first kappa shape index (κ1) is 20.1. The van der Waals surface area contributed by atoms with Crippen LogP contribution in [-0.4, -0.2) is 52.2 Å². The molecular weight excluding hydrogens is 400 g/mol. The maximum atomic E-state index is 12.4. The number of aromatic nitrogens is 4. The Balaban J connectivity index is 2.07. The van der Waals surface area contributed by atoms with E-state index in [0.717, 1.165) is 0 Å². The van der Waals surface area contributed by atoms with Gasteiger partial charge in [0.2, 0.25) is 0 Å². The average Bonchev–Trinajstić information content (AvgIpc) is 3.30. The molecule has 0 unspecified atom stereocenters. The highest BCUT2D eigenvalue weighted by Crippen LogP contribution is 2.39. The Morgan fingerprint density at radius 3 is 2.19 bits per heavy atom. The molecule has 9 heteroatoms. The van der Waals surface area contributed by atoms with Crippen molar-refractivity contribution in [2.45, 2.75) is 6.54 Å². The number of carboxylic acid groups (broad SMARTS) is 1. The lowest BCUT2D eigenvalue weighted by molar-refractivity contribution is 0.0696. The predicted molar refractivity (Wildman–Crippen MR) is 113 cm³/mol. The van der Waals surface area contributed by atoms with E-state index in [1.165, 1.54) is 26.9 Å². The molecule has 158 valence electrons. The molecule has 0 aliphatic heterocycles. The van der Waals surface area contributed by atoms with Crippen LogP contribution in [0.4, 0.5) is 0 Å². The number of aromatic carboxylic acids is 1. The molecule has 0 atom stereocenters. The fraction of sp³-hybridized carbons (Fsp3) is 0.182. The van der Waals surface area contributed by atoms with Gasteiger partial charge in [0.1, 0.15) is 18.4 Å². The molecule has 31 heavy (non-hydrogen) atoms. The number of hydrogen-bond donors (Lipinski definition) is 1. The normalized spacial score (nSPS) is 10.8. The zero-order valence-corrected chi connectivity index (χ0v) is 17.2. The van der Waals surface area contributed by atoms with Crippen molar-refractivity contribution in [3.63, 3.8) is 0 Å². The van der Waals surface area contributed by atoms with Crippen LogP contribution >= 0.6 is 0 Å². The van der Waals surface area contributed by atoms with Gasteiger partial charge in [0.25, 0.3) is 0 Å².